The maximum Gasteiger partial charge on any atom is 0.188 e. The van der Waals surface area contributed by atoms with Crippen LogP contribution >= 0.6 is 0 Å². The smallest absolute Gasteiger partial charge is 0.188 e. The van der Waals surface area contributed by atoms with E-state index in [1.54, 1.807) is 12.1 Å². The summed E-state index contributed by atoms with van der Waals surface area (Å²) in [4.78, 5) is 0. The second kappa shape index (κ2) is 6.15. The molecule has 0 radical (unpaired) electrons. The number of hydrogen-bond donors (Lipinski definition) is 3. The van der Waals surface area contributed by atoms with Gasteiger partial charge in [-0.1, -0.05) is 47.7 Å². The predicted octanol–water partition coefficient (Wildman–Crippen LogP) is 1.78. The molecule has 3 aromatic rings. The molecular weight excluding hydrogens is 266 g/mol. The van der Waals surface area contributed by atoms with Crippen molar-refractivity contribution < 1.29 is 5.11 Å². The van der Waals surface area contributed by atoms with E-state index in [1.807, 2.05) is 30.3 Å². The average molecular weight is 281 g/mol. The lowest BCUT2D eigenvalue weighted by atomic mass is 9.98. The third-order valence-electron chi connectivity index (χ3n) is 3.21. The van der Waals surface area contributed by atoms with Gasteiger partial charge in [-0.25, -0.2) is 0 Å². The van der Waals surface area contributed by atoms with Gasteiger partial charge in [0.15, 0.2) is 5.82 Å². The van der Waals surface area contributed by atoms with Crippen molar-refractivity contribution in [3.63, 3.8) is 0 Å². The molecule has 0 bridgehead atoms. The second-order valence-electron chi connectivity index (χ2n) is 4.64. The molecule has 0 aliphatic carbocycles. The van der Waals surface area contributed by atoms with Gasteiger partial charge in [0, 0.05) is 0 Å². The van der Waals surface area contributed by atoms with Crippen LogP contribution in [0.1, 0.15) is 23.0 Å². The highest BCUT2D eigenvalue weighted by molar-refractivity contribution is 5.34. The fraction of sp³-hybridized carbons (Fsp3) is 0.133. The Balaban J connectivity index is 1.85. The van der Waals surface area contributed by atoms with Gasteiger partial charge in [-0.05, 0) is 23.3 Å². The van der Waals surface area contributed by atoms with Gasteiger partial charge in [0.05, 0.1) is 12.6 Å². The van der Waals surface area contributed by atoms with Crippen LogP contribution in [0.15, 0.2) is 54.6 Å². The average Bonchev–Trinajstić information content (AvgIpc) is 3.04. The minimum absolute atomic E-state index is 0.00898. The molecule has 6 nitrogen and oxygen atoms in total. The third kappa shape index (κ3) is 3.24. The first-order valence-electron chi connectivity index (χ1n) is 6.62. The van der Waals surface area contributed by atoms with Crippen molar-refractivity contribution in [2.75, 3.05) is 0 Å². The molecule has 106 valence electrons. The Hall–Kier alpha value is -2.73. The Kier molecular flexibility index (Phi) is 3.88. The molecule has 0 aliphatic heterocycles. The summed E-state index contributed by atoms with van der Waals surface area (Å²) in [5.41, 5.74) is 2.19. The van der Waals surface area contributed by atoms with Crippen molar-refractivity contribution in [2.24, 2.45) is 0 Å². The number of aromatic hydroxyl groups is 1. The standard InChI is InChI=1S/C15H15N5O/c21-13-8-6-12(7-9-13)15(11-4-2-1-3-5-11)16-10-14-17-19-20-18-14/h1-9,15-16,21H,10H2,(H,17,18,19,20). The van der Waals surface area contributed by atoms with Gasteiger partial charge in [0.25, 0.3) is 0 Å². The van der Waals surface area contributed by atoms with Gasteiger partial charge >= 0.3 is 0 Å². The Bertz CT molecular complexity index is 667. The molecule has 1 unspecified atom stereocenters. The van der Waals surface area contributed by atoms with Crippen molar-refractivity contribution in [3.05, 3.63) is 71.5 Å². The van der Waals surface area contributed by atoms with Crippen LogP contribution in [0.25, 0.3) is 0 Å². The molecule has 1 atom stereocenters. The lowest BCUT2D eigenvalue weighted by Gasteiger charge is -2.19. The number of phenols is 1. The summed E-state index contributed by atoms with van der Waals surface area (Å²) >= 11 is 0. The van der Waals surface area contributed by atoms with Crippen LogP contribution in [0.3, 0.4) is 0 Å². The first-order chi connectivity index (χ1) is 10.3. The highest BCUT2D eigenvalue weighted by Crippen LogP contribution is 2.23. The number of H-pyrrole nitrogens is 1. The zero-order chi connectivity index (χ0) is 14.5. The van der Waals surface area contributed by atoms with Crippen LogP contribution in [0.5, 0.6) is 5.75 Å². The molecular formula is C15H15N5O. The monoisotopic (exact) mass is 281 g/mol. The second-order valence-corrected chi connectivity index (χ2v) is 4.64. The first-order valence-corrected chi connectivity index (χ1v) is 6.62. The summed E-state index contributed by atoms with van der Waals surface area (Å²) in [5, 5.41) is 26.7. The maximum atomic E-state index is 9.44. The maximum absolute atomic E-state index is 9.44. The number of nitrogens with zero attached hydrogens (tertiary/aromatic N) is 3. The van der Waals surface area contributed by atoms with Crippen LogP contribution in [0, 0.1) is 0 Å². The number of nitrogens with one attached hydrogen (secondary N) is 2. The molecule has 3 rings (SSSR count). The van der Waals surface area contributed by atoms with Crippen molar-refractivity contribution in [1.82, 2.24) is 25.9 Å². The molecule has 0 amide bonds. The Morgan fingerprint density at radius 1 is 1.00 bits per heavy atom. The van der Waals surface area contributed by atoms with E-state index in [9.17, 15) is 5.11 Å². The van der Waals surface area contributed by atoms with E-state index in [1.165, 1.54) is 0 Å². The first kappa shape index (κ1) is 13.3. The van der Waals surface area contributed by atoms with E-state index < -0.39 is 0 Å². The minimum atomic E-state index is -0.00898. The fourth-order valence-corrected chi connectivity index (χ4v) is 2.19. The van der Waals surface area contributed by atoms with Crippen molar-refractivity contribution >= 4 is 0 Å². The zero-order valence-corrected chi connectivity index (χ0v) is 11.3. The largest absolute Gasteiger partial charge is 0.508 e. The summed E-state index contributed by atoms with van der Waals surface area (Å²) in [6, 6.07) is 17.2. The van der Waals surface area contributed by atoms with Gasteiger partial charge in [-0.2, -0.15) is 5.21 Å². The highest BCUT2D eigenvalue weighted by atomic mass is 16.3. The Morgan fingerprint density at radius 2 is 1.71 bits per heavy atom. The van der Waals surface area contributed by atoms with Gasteiger partial charge < -0.3 is 5.11 Å². The number of tetrazole rings is 1. The summed E-state index contributed by atoms with van der Waals surface area (Å²) < 4.78 is 0. The molecule has 0 fully saturated rings. The van der Waals surface area contributed by atoms with Crippen LogP contribution in [-0.2, 0) is 6.54 Å². The van der Waals surface area contributed by atoms with Gasteiger partial charge in [-0.3, -0.25) is 5.32 Å². The number of phenolic OH excluding ortho intramolecular Hbond substituents is 1. The molecule has 6 heteroatoms. The fourth-order valence-electron chi connectivity index (χ4n) is 2.19. The molecule has 21 heavy (non-hydrogen) atoms. The van der Waals surface area contributed by atoms with Crippen LogP contribution in [-0.4, -0.2) is 25.7 Å². The number of aromatic amines is 1. The Morgan fingerprint density at radius 3 is 2.38 bits per heavy atom. The van der Waals surface area contributed by atoms with Crippen LogP contribution in [0.4, 0.5) is 0 Å². The minimum Gasteiger partial charge on any atom is -0.508 e. The predicted molar refractivity (Wildman–Crippen MR) is 77.4 cm³/mol. The van der Waals surface area contributed by atoms with E-state index in [0.717, 1.165) is 11.1 Å². The summed E-state index contributed by atoms with van der Waals surface area (Å²) in [5.74, 6) is 0.860. The number of hydrogen-bond acceptors (Lipinski definition) is 5. The van der Waals surface area contributed by atoms with Crippen LogP contribution in [0.2, 0.25) is 0 Å². The summed E-state index contributed by atoms with van der Waals surface area (Å²) in [6.45, 7) is 0.497. The molecule has 0 aliphatic rings. The van der Waals surface area contributed by atoms with Crippen LogP contribution < -0.4 is 5.32 Å². The quantitative estimate of drug-likeness (QED) is 0.663. The van der Waals surface area contributed by atoms with Crippen molar-refractivity contribution in [2.45, 2.75) is 12.6 Å². The van der Waals surface area contributed by atoms with Gasteiger partial charge in [-0.15, -0.1) is 10.2 Å². The number of benzene rings is 2. The number of aromatic nitrogens is 4. The topological polar surface area (TPSA) is 86.7 Å². The third-order valence-corrected chi connectivity index (χ3v) is 3.21. The van der Waals surface area contributed by atoms with E-state index >= 15 is 0 Å². The molecule has 0 saturated carbocycles. The van der Waals surface area contributed by atoms with Crippen molar-refractivity contribution in [3.8, 4) is 5.75 Å². The van der Waals surface area contributed by atoms with E-state index in [0.29, 0.717) is 12.4 Å². The molecule has 3 N–H and O–H groups in total. The van der Waals surface area contributed by atoms with E-state index in [-0.39, 0.29) is 11.8 Å². The summed E-state index contributed by atoms with van der Waals surface area (Å²) in [6.07, 6.45) is 0. The number of rotatable bonds is 5. The van der Waals surface area contributed by atoms with Gasteiger partial charge in [0.1, 0.15) is 5.75 Å². The van der Waals surface area contributed by atoms with Crippen molar-refractivity contribution in [1.29, 1.82) is 0 Å². The van der Waals surface area contributed by atoms with E-state index in [2.05, 4.69) is 38.1 Å². The molecule has 1 heterocycles. The highest BCUT2D eigenvalue weighted by Gasteiger charge is 2.14. The van der Waals surface area contributed by atoms with E-state index in [4.69, 9.17) is 0 Å². The molecule has 1 aromatic heterocycles. The SMILES string of the molecule is Oc1ccc(C(NCc2nn[nH]n2)c2ccccc2)cc1. The normalized spacial score (nSPS) is 12.2. The Labute approximate surface area is 121 Å². The zero-order valence-electron chi connectivity index (χ0n) is 11.3. The lowest BCUT2D eigenvalue weighted by molar-refractivity contribution is 0.474. The molecule has 0 spiro atoms. The summed E-state index contributed by atoms with van der Waals surface area (Å²) in [7, 11) is 0. The molecule has 2 aromatic carbocycles. The lowest BCUT2D eigenvalue weighted by Crippen LogP contribution is -2.22. The van der Waals surface area contributed by atoms with Gasteiger partial charge in [0.2, 0.25) is 0 Å². The molecule has 0 saturated heterocycles.